The van der Waals surface area contributed by atoms with Gasteiger partial charge in [-0.1, -0.05) is 17.8 Å². The maximum absolute atomic E-state index is 11.8. The molecule has 29 heavy (non-hydrogen) atoms. The van der Waals surface area contributed by atoms with Crippen molar-refractivity contribution in [3.05, 3.63) is 42.7 Å². The number of sulfonamides is 1. The van der Waals surface area contributed by atoms with Gasteiger partial charge in [0.15, 0.2) is 15.0 Å². The molecule has 9 nitrogen and oxygen atoms in total. The van der Waals surface area contributed by atoms with Gasteiger partial charge < -0.3 is 9.30 Å². The molecule has 1 aliphatic rings. The zero-order valence-corrected chi connectivity index (χ0v) is 18.0. The minimum atomic E-state index is -3.73. The maximum Gasteiger partial charge on any atom is 0.238 e. The van der Waals surface area contributed by atoms with E-state index in [0.717, 1.165) is 0 Å². The Balaban J connectivity index is 1.58. The smallest absolute Gasteiger partial charge is 0.238 e. The van der Waals surface area contributed by atoms with Gasteiger partial charge >= 0.3 is 0 Å². The van der Waals surface area contributed by atoms with Gasteiger partial charge in [0.25, 0.3) is 0 Å². The minimum absolute atomic E-state index is 0.0261. The minimum Gasteiger partial charge on any atom is -0.493 e. The molecule has 0 amide bonds. The quantitative estimate of drug-likeness (QED) is 0.336. The molecule has 1 aromatic carbocycles. The Labute approximate surface area is 174 Å². The summed E-state index contributed by atoms with van der Waals surface area (Å²) in [6.07, 6.45) is 2.28. The van der Waals surface area contributed by atoms with Crippen LogP contribution in [0.3, 0.4) is 0 Å². The van der Waals surface area contributed by atoms with Crippen LogP contribution >= 0.6 is 11.8 Å². The number of nitrogens with two attached hydrogens (primary N) is 1. The highest BCUT2D eigenvalue weighted by Gasteiger charge is 2.33. The van der Waals surface area contributed by atoms with Gasteiger partial charge in [0, 0.05) is 18.2 Å². The molecule has 1 aromatic heterocycles. The lowest BCUT2D eigenvalue weighted by Gasteiger charge is -2.11. The second kappa shape index (κ2) is 8.86. The zero-order chi connectivity index (χ0) is 21.1. The predicted octanol–water partition coefficient (Wildman–Crippen LogP) is 1.18. The van der Waals surface area contributed by atoms with Crippen molar-refractivity contribution >= 4 is 31.6 Å². The van der Waals surface area contributed by atoms with Crippen molar-refractivity contribution in [1.29, 1.82) is 0 Å². The fraction of sp³-hybridized carbons (Fsp3) is 0.412. The number of hydrogen-bond acceptors (Lipinski definition) is 8. The van der Waals surface area contributed by atoms with Gasteiger partial charge in [-0.25, -0.2) is 22.0 Å². The fourth-order valence-electron chi connectivity index (χ4n) is 3.03. The van der Waals surface area contributed by atoms with Crippen LogP contribution < -0.4 is 9.88 Å². The van der Waals surface area contributed by atoms with Crippen LogP contribution in [0.4, 0.5) is 0 Å². The third kappa shape index (κ3) is 5.59. The first-order valence-corrected chi connectivity index (χ1v) is 13.2. The van der Waals surface area contributed by atoms with E-state index in [1.54, 1.807) is 18.2 Å². The van der Waals surface area contributed by atoms with Gasteiger partial charge in [0.2, 0.25) is 10.0 Å². The van der Waals surface area contributed by atoms with Gasteiger partial charge in [-0.3, -0.25) is 0 Å². The van der Waals surface area contributed by atoms with Crippen LogP contribution in [0.1, 0.15) is 18.2 Å². The molecule has 1 aliphatic heterocycles. The Morgan fingerprint density at radius 1 is 1.31 bits per heavy atom. The van der Waals surface area contributed by atoms with Gasteiger partial charge in [-0.15, -0.1) is 16.8 Å². The molecule has 1 saturated heterocycles. The number of aromatic nitrogens is 3. The number of hydrogen-bond donors (Lipinski definition) is 1. The molecule has 2 N–H and O–H groups in total. The molecule has 158 valence electrons. The van der Waals surface area contributed by atoms with Crippen LogP contribution in [0, 0.1) is 0 Å². The summed E-state index contributed by atoms with van der Waals surface area (Å²) in [4.78, 5) is 0.0261. The van der Waals surface area contributed by atoms with E-state index in [9.17, 15) is 16.8 Å². The molecule has 0 radical (unpaired) electrons. The van der Waals surface area contributed by atoms with E-state index in [1.165, 1.54) is 23.9 Å². The largest absolute Gasteiger partial charge is 0.493 e. The molecule has 2 heterocycles. The second-order valence-electron chi connectivity index (χ2n) is 6.55. The van der Waals surface area contributed by atoms with Crippen molar-refractivity contribution in [3.8, 4) is 5.75 Å². The molecule has 1 atom stereocenters. The third-order valence-electron chi connectivity index (χ3n) is 4.39. The summed E-state index contributed by atoms with van der Waals surface area (Å²) in [5.41, 5.74) is 0. The van der Waals surface area contributed by atoms with Crippen molar-refractivity contribution in [2.24, 2.45) is 5.14 Å². The van der Waals surface area contributed by atoms with Gasteiger partial charge in [0.05, 0.1) is 23.0 Å². The van der Waals surface area contributed by atoms with Gasteiger partial charge in [0.1, 0.15) is 11.6 Å². The Morgan fingerprint density at radius 3 is 2.62 bits per heavy atom. The highest BCUT2D eigenvalue weighted by atomic mass is 32.2. The van der Waals surface area contributed by atoms with Crippen LogP contribution in [-0.4, -0.2) is 55.5 Å². The lowest BCUT2D eigenvalue weighted by Crippen LogP contribution is -2.12. The van der Waals surface area contributed by atoms with Crippen LogP contribution in [0.2, 0.25) is 0 Å². The second-order valence-corrected chi connectivity index (χ2v) is 11.4. The molecule has 0 bridgehead atoms. The topological polar surface area (TPSA) is 134 Å². The first kappa shape index (κ1) is 21.8. The van der Waals surface area contributed by atoms with E-state index in [1.807, 2.05) is 4.57 Å². The van der Waals surface area contributed by atoms with E-state index >= 15 is 0 Å². The monoisotopic (exact) mass is 458 g/mol. The third-order valence-corrected chi connectivity index (χ3v) is 8.02. The molecule has 0 spiro atoms. The number of allylic oxidation sites excluding steroid dienone is 1. The average molecular weight is 459 g/mol. The number of rotatable bonds is 9. The van der Waals surface area contributed by atoms with Crippen LogP contribution in [-0.2, 0) is 26.4 Å². The maximum atomic E-state index is 11.8. The normalized spacial score (nSPS) is 18.6. The molecular formula is C17H22N4O5S3. The summed E-state index contributed by atoms with van der Waals surface area (Å²) in [5, 5.41) is 14.2. The summed E-state index contributed by atoms with van der Waals surface area (Å²) in [5.74, 6) is 1.92. The summed E-state index contributed by atoms with van der Waals surface area (Å²) in [6, 6.07) is 5.87. The molecule has 1 fully saturated rings. The Morgan fingerprint density at radius 2 is 2.03 bits per heavy atom. The lowest BCUT2D eigenvalue weighted by atomic mass is 10.1. The lowest BCUT2D eigenvalue weighted by molar-refractivity contribution is 0.343. The van der Waals surface area contributed by atoms with Crippen molar-refractivity contribution < 1.29 is 21.6 Å². The highest BCUT2D eigenvalue weighted by Crippen LogP contribution is 2.30. The Bertz CT molecular complexity index is 1080. The summed E-state index contributed by atoms with van der Waals surface area (Å²) < 4.78 is 53.6. The van der Waals surface area contributed by atoms with Crippen molar-refractivity contribution in [2.45, 2.75) is 28.9 Å². The number of benzene rings is 1. The number of sulfone groups is 1. The van der Waals surface area contributed by atoms with Crippen LogP contribution in [0.25, 0.3) is 0 Å². The Hall–Kier alpha value is -1.89. The fourth-order valence-corrected chi connectivity index (χ4v) is 6.05. The molecule has 12 heteroatoms. The molecule has 0 aliphatic carbocycles. The van der Waals surface area contributed by atoms with Gasteiger partial charge in [-0.05, 0) is 30.7 Å². The van der Waals surface area contributed by atoms with E-state index < -0.39 is 19.9 Å². The summed E-state index contributed by atoms with van der Waals surface area (Å²) in [7, 11) is -6.74. The van der Waals surface area contributed by atoms with E-state index in [4.69, 9.17) is 9.88 Å². The standard InChI is InChI=1S/C17H22N4O5S3/c1-2-8-21-16(13-7-11-28(22,23)12-13)19-20-17(21)27-10-9-26-14-3-5-15(6-4-14)29(18,24)25/h2-6,13H,1,7-12H2,(H2,18,24,25)/t13-/m1/s1. The molecule has 0 unspecified atom stereocenters. The van der Waals surface area contributed by atoms with E-state index in [2.05, 4.69) is 16.8 Å². The predicted molar refractivity (Wildman–Crippen MR) is 110 cm³/mol. The number of ether oxygens (including phenoxy) is 1. The van der Waals surface area contributed by atoms with E-state index in [0.29, 0.717) is 42.1 Å². The summed E-state index contributed by atoms with van der Waals surface area (Å²) >= 11 is 1.44. The number of nitrogens with zero attached hydrogens (tertiary/aromatic N) is 3. The first-order valence-electron chi connectivity index (χ1n) is 8.82. The van der Waals surface area contributed by atoms with Crippen molar-refractivity contribution in [2.75, 3.05) is 23.9 Å². The van der Waals surface area contributed by atoms with Crippen molar-refractivity contribution in [3.63, 3.8) is 0 Å². The molecule has 3 rings (SSSR count). The molecule has 0 saturated carbocycles. The van der Waals surface area contributed by atoms with Gasteiger partial charge in [-0.2, -0.15) is 0 Å². The van der Waals surface area contributed by atoms with Crippen LogP contribution in [0.15, 0.2) is 47.0 Å². The first-order chi connectivity index (χ1) is 13.7. The Kier molecular flexibility index (Phi) is 6.66. The number of primary sulfonamides is 1. The molecular weight excluding hydrogens is 436 g/mol. The number of thioether (sulfide) groups is 1. The van der Waals surface area contributed by atoms with Crippen LogP contribution in [0.5, 0.6) is 5.75 Å². The SMILES string of the molecule is C=CCn1c(SCCOc2ccc(S(N)(=O)=O)cc2)nnc1[C@@H]1CCS(=O)(=O)C1. The van der Waals surface area contributed by atoms with E-state index in [-0.39, 0.29) is 22.3 Å². The average Bonchev–Trinajstić information content (AvgIpc) is 3.21. The summed E-state index contributed by atoms with van der Waals surface area (Å²) in [6.45, 7) is 4.62. The molecule has 2 aromatic rings. The highest BCUT2D eigenvalue weighted by molar-refractivity contribution is 7.99. The zero-order valence-electron chi connectivity index (χ0n) is 15.6. The van der Waals surface area contributed by atoms with Crippen molar-refractivity contribution in [1.82, 2.24) is 14.8 Å².